The van der Waals surface area contributed by atoms with Gasteiger partial charge >= 0.3 is 5.97 Å². The van der Waals surface area contributed by atoms with Gasteiger partial charge in [0.25, 0.3) is 0 Å². The van der Waals surface area contributed by atoms with Gasteiger partial charge in [-0.3, -0.25) is 14.7 Å². The molecule has 25 heavy (non-hydrogen) atoms. The summed E-state index contributed by atoms with van der Waals surface area (Å²) < 4.78 is 0. The molecule has 0 spiro atoms. The first-order valence-corrected chi connectivity index (χ1v) is 8.81. The number of aromatic nitrogens is 1. The van der Waals surface area contributed by atoms with Crippen LogP contribution in [0, 0.1) is 0 Å². The molecule has 3 heterocycles. The highest BCUT2D eigenvalue weighted by atomic mass is 16.7. The fraction of sp³-hybridized carbons (Fsp3) is 0.588. The maximum absolute atomic E-state index is 12.2. The molecule has 136 valence electrons. The molecule has 2 aliphatic heterocycles. The largest absolute Gasteiger partial charge is 0.369 e. The molecule has 1 aromatic heterocycles. The van der Waals surface area contributed by atoms with Crippen molar-refractivity contribution >= 4 is 18.1 Å². The van der Waals surface area contributed by atoms with Crippen LogP contribution in [0.1, 0.15) is 19.3 Å². The quantitative estimate of drug-likeness (QED) is 0.738. The number of piperidine rings is 1. The molecule has 1 amide bonds. The number of carbonyl (C=O) groups excluding carboxylic acids is 2. The number of nitrogens with one attached hydrogen (secondary N) is 1. The molecule has 2 fully saturated rings. The molecular formula is C17H25N5O3. The number of amides is 1. The minimum atomic E-state index is -0.267. The molecule has 8 heteroatoms. The van der Waals surface area contributed by atoms with Gasteiger partial charge in [-0.2, -0.15) is 0 Å². The van der Waals surface area contributed by atoms with Gasteiger partial charge in [-0.25, -0.2) is 4.79 Å². The molecule has 0 aromatic carbocycles. The fourth-order valence-corrected chi connectivity index (χ4v) is 3.32. The molecule has 2 saturated heterocycles. The fourth-order valence-electron chi connectivity index (χ4n) is 3.32. The Balaban J connectivity index is 1.43. The van der Waals surface area contributed by atoms with Crippen molar-refractivity contribution in [1.82, 2.24) is 20.3 Å². The molecule has 1 aromatic rings. The van der Waals surface area contributed by atoms with Crippen LogP contribution >= 0.6 is 0 Å². The number of hydroxylamine groups is 2. The number of piperazine rings is 1. The van der Waals surface area contributed by atoms with E-state index in [1.54, 1.807) is 17.5 Å². The molecule has 1 N–H and O–H groups in total. The summed E-state index contributed by atoms with van der Waals surface area (Å²) in [5.74, 6) is -0.267. The Morgan fingerprint density at radius 1 is 1.20 bits per heavy atom. The van der Waals surface area contributed by atoms with E-state index in [9.17, 15) is 9.59 Å². The highest BCUT2D eigenvalue weighted by Crippen LogP contribution is 2.16. The molecular weight excluding hydrogens is 322 g/mol. The predicted molar refractivity (Wildman–Crippen MR) is 92.5 cm³/mol. The lowest BCUT2D eigenvalue weighted by atomic mass is 10.1. The lowest BCUT2D eigenvalue weighted by Gasteiger charge is -2.36. The Bertz CT molecular complexity index is 563. The van der Waals surface area contributed by atoms with Crippen LogP contribution in [0.25, 0.3) is 0 Å². The molecule has 0 saturated carbocycles. The first-order valence-electron chi connectivity index (χ1n) is 8.81. The van der Waals surface area contributed by atoms with Crippen molar-refractivity contribution in [3.05, 3.63) is 24.5 Å². The summed E-state index contributed by atoms with van der Waals surface area (Å²) >= 11 is 0. The molecule has 3 rings (SSSR count). The van der Waals surface area contributed by atoms with E-state index < -0.39 is 0 Å². The molecule has 0 aliphatic carbocycles. The zero-order valence-corrected chi connectivity index (χ0v) is 14.3. The summed E-state index contributed by atoms with van der Waals surface area (Å²) in [6.45, 7) is 4.30. The molecule has 0 radical (unpaired) electrons. The lowest BCUT2D eigenvalue weighted by molar-refractivity contribution is -0.212. The van der Waals surface area contributed by atoms with Crippen molar-refractivity contribution < 1.29 is 14.4 Å². The van der Waals surface area contributed by atoms with Gasteiger partial charge in [0.05, 0.1) is 6.54 Å². The summed E-state index contributed by atoms with van der Waals surface area (Å²) in [7, 11) is 0. The Morgan fingerprint density at radius 2 is 1.96 bits per heavy atom. The smallest absolute Gasteiger partial charge is 0.339 e. The Morgan fingerprint density at radius 3 is 2.68 bits per heavy atom. The molecule has 1 unspecified atom stereocenters. The van der Waals surface area contributed by atoms with Crippen LogP contribution in [-0.2, 0) is 14.4 Å². The van der Waals surface area contributed by atoms with Crippen molar-refractivity contribution in [3.63, 3.8) is 0 Å². The average Bonchev–Trinajstić information content (AvgIpc) is 2.65. The van der Waals surface area contributed by atoms with E-state index in [4.69, 9.17) is 4.84 Å². The van der Waals surface area contributed by atoms with Crippen molar-refractivity contribution in [2.75, 3.05) is 44.2 Å². The van der Waals surface area contributed by atoms with Gasteiger partial charge in [0.15, 0.2) is 0 Å². The number of hydrogen-bond donors (Lipinski definition) is 1. The predicted octanol–water partition coefficient (Wildman–Crippen LogP) is 0.220. The lowest BCUT2D eigenvalue weighted by Crippen LogP contribution is -2.51. The van der Waals surface area contributed by atoms with E-state index >= 15 is 0 Å². The van der Waals surface area contributed by atoms with Crippen molar-refractivity contribution in [1.29, 1.82) is 0 Å². The second kappa shape index (κ2) is 8.77. The first kappa shape index (κ1) is 17.6. The van der Waals surface area contributed by atoms with Crippen LogP contribution in [0.3, 0.4) is 0 Å². The van der Waals surface area contributed by atoms with Crippen molar-refractivity contribution in [2.24, 2.45) is 0 Å². The summed E-state index contributed by atoms with van der Waals surface area (Å²) in [6, 6.07) is 4.00. The van der Waals surface area contributed by atoms with E-state index in [0.29, 0.717) is 13.0 Å². The van der Waals surface area contributed by atoms with Gasteiger partial charge in [0, 0.05) is 50.8 Å². The summed E-state index contributed by atoms with van der Waals surface area (Å²) in [5.41, 5.74) is 1.16. The number of carbonyl (C=O) groups is 2. The Kier molecular flexibility index (Phi) is 6.19. The van der Waals surface area contributed by atoms with Gasteiger partial charge in [0.2, 0.25) is 6.41 Å². The second-order valence-corrected chi connectivity index (χ2v) is 6.37. The zero-order valence-electron chi connectivity index (χ0n) is 14.3. The zero-order chi connectivity index (χ0) is 17.5. The normalized spacial score (nSPS) is 22.4. The highest BCUT2D eigenvalue weighted by Gasteiger charge is 2.27. The standard InChI is InChI=1S/C17H25N5O3/c23-14-19-16-3-1-2-8-22(16)25-17(24)13-20-9-11-21(12-10-20)15-4-6-18-7-5-15/h4-7,14,16H,1-3,8-13H2,(H,19,23). The van der Waals surface area contributed by atoms with E-state index in [0.717, 1.165) is 51.1 Å². The third-order valence-corrected chi connectivity index (χ3v) is 4.69. The maximum atomic E-state index is 12.2. The van der Waals surface area contributed by atoms with Gasteiger partial charge in [0.1, 0.15) is 6.17 Å². The third kappa shape index (κ3) is 4.90. The van der Waals surface area contributed by atoms with Gasteiger partial charge in [-0.1, -0.05) is 0 Å². The van der Waals surface area contributed by atoms with E-state index in [1.165, 1.54) is 0 Å². The van der Waals surface area contributed by atoms with Crippen LogP contribution in [0.4, 0.5) is 5.69 Å². The number of nitrogens with zero attached hydrogens (tertiary/aromatic N) is 4. The van der Waals surface area contributed by atoms with Gasteiger partial charge < -0.3 is 15.1 Å². The van der Waals surface area contributed by atoms with Crippen LogP contribution in [0.2, 0.25) is 0 Å². The minimum absolute atomic E-state index is 0.210. The number of rotatable bonds is 6. The first-order chi connectivity index (χ1) is 12.3. The monoisotopic (exact) mass is 347 g/mol. The maximum Gasteiger partial charge on any atom is 0.339 e. The van der Waals surface area contributed by atoms with Gasteiger partial charge in [-0.15, -0.1) is 5.06 Å². The highest BCUT2D eigenvalue weighted by molar-refractivity contribution is 5.71. The van der Waals surface area contributed by atoms with E-state index in [2.05, 4.69) is 20.1 Å². The molecule has 1 atom stereocenters. The van der Waals surface area contributed by atoms with E-state index in [1.807, 2.05) is 12.1 Å². The Hall–Kier alpha value is -2.19. The molecule has 2 aliphatic rings. The summed E-state index contributed by atoms with van der Waals surface area (Å²) in [6.07, 6.45) is 6.83. The summed E-state index contributed by atoms with van der Waals surface area (Å²) in [5, 5.41) is 4.31. The van der Waals surface area contributed by atoms with Gasteiger partial charge in [-0.05, 0) is 31.4 Å². The number of anilines is 1. The topological polar surface area (TPSA) is 78.0 Å². The van der Waals surface area contributed by atoms with Crippen molar-refractivity contribution in [2.45, 2.75) is 25.4 Å². The van der Waals surface area contributed by atoms with Crippen LogP contribution in [-0.4, -0.2) is 72.8 Å². The van der Waals surface area contributed by atoms with Crippen LogP contribution in [0.15, 0.2) is 24.5 Å². The third-order valence-electron chi connectivity index (χ3n) is 4.69. The van der Waals surface area contributed by atoms with Crippen LogP contribution < -0.4 is 10.2 Å². The molecule has 0 bridgehead atoms. The number of pyridine rings is 1. The SMILES string of the molecule is O=CNC1CCCCN1OC(=O)CN1CCN(c2ccncc2)CC1. The van der Waals surface area contributed by atoms with Crippen LogP contribution in [0.5, 0.6) is 0 Å². The summed E-state index contributed by atoms with van der Waals surface area (Å²) in [4.78, 5) is 36.8. The molecule has 8 nitrogen and oxygen atoms in total. The van der Waals surface area contributed by atoms with Crippen molar-refractivity contribution in [3.8, 4) is 0 Å². The Labute approximate surface area is 147 Å². The van der Waals surface area contributed by atoms with E-state index in [-0.39, 0.29) is 18.7 Å². The minimum Gasteiger partial charge on any atom is -0.369 e. The average molecular weight is 347 g/mol. The number of hydrogen-bond acceptors (Lipinski definition) is 7. The second-order valence-electron chi connectivity index (χ2n) is 6.37.